The van der Waals surface area contributed by atoms with Gasteiger partial charge in [0.1, 0.15) is 61.0 Å². The van der Waals surface area contributed by atoms with Gasteiger partial charge in [-0.2, -0.15) is 0 Å². The third-order valence-electron chi connectivity index (χ3n) is 12.0. The first kappa shape index (κ1) is 54.1. The predicted molar refractivity (Wildman–Crippen MR) is 216 cm³/mol. The van der Waals surface area contributed by atoms with Crippen LogP contribution in [0.25, 0.3) is 0 Å². The first-order valence-electron chi connectivity index (χ1n) is 22.7. The van der Waals surface area contributed by atoms with Gasteiger partial charge in [0.2, 0.25) is 0 Å². The first-order valence-corrected chi connectivity index (χ1v) is 22.7. The molecule has 17 atom stereocenters. The summed E-state index contributed by atoms with van der Waals surface area (Å²) in [5.74, 6) is -1.17. The number of carboxylic acid groups (broad SMARTS) is 1. The molecule has 3 aliphatic rings. The van der Waals surface area contributed by atoms with Crippen LogP contribution < -0.4 is 0 Å². The van der Waals surface area contributed by atoms with Gasteiger partial charge in [0.25, 0.3) is 0 Å². The van der Waals surface area contributed by atoms with Crippen LogP contribution in [0.4, 0.5) is 0 Å². The molecule has 19 nitrogen and oxygen atoms in total. The maximum Gasteiger partial charge on any atom is 0.332 e. The van der Waals surface area contributed by atoms with Gasteiger partial charge in [-0.1, -0.05) is 96.8 Å². The molecule has 360 valence electrons. The normalized spacial score (nSPS) is 34.2. The standard InChI is InChI=1S/C42H78O19/c1-2-3-13-17-25(18-16-21-27(45)26(44)19-14-11-9-7-5-4-6-8-10-12-15-20-28(46)39(54)55)58-41-37(32(49)29(47)23-56-41)61-42-38(33(50)30(48)24-57-42)60-40-36(53)35(52)34(51)31(22-43)59-40/h25-38,40-53H,2-24H2,1H3,(H,54,55)/t25-,26-,27+,28+,29?,30?,31?,32?,33?,34?,35?,36?,37?,38?,40?,41?,42?/m1/s1. The topological polar surface area (TPSA) is 315 Å². The maximum absolute atomic E-state index is 11.1. The van der Waals surface area contributed by atoms with E-state index in [1.54, 1.807) is 0 Å². The molecule has 13 unspecified atom stereocenters. The van der Waals surface area contributed by atoms with E-state index in [1.807, 2.05) is 0 Å². The zero-order valence-corrected chi connectivity index (χ0v) is 35.8. The third-order valence-corrected chi connectivity index (χ3v) is 12.0. The Kier molecular flexibility index (Phi) is 26.0. The lowest BCUT2D eigenvalue weighted by atomic mass is 9.98. The van der Waals surface area contributed by atoms with Gasteiger partial charge in [0.05, 0.1) is 38.1 Å². The summed E-state index contributed by atoms with van der Waals surface area (Å²) in [5, 5.41) is 123. The summed E-state index contributed by atoms with van der Waals surface area (Å²) < 4.78 is 35.1. The number of carboxylic acids is 1. The van der Waals surface area contributed by atoms with E-state index in [0.29, 0.717) is 44.9 Å². The van der Waals surface area contributed by atoms with Crippen molar-refractivity contribution in [2.45, 2.75) is 240 Å². The molecule has 61 heavy (non-hydrogen) atoms. The second-order valence-electron chi connectivity index (χ2n) is 17.1. The highest BCUT2D eigenvalue weighted by atomic mass is 16.8. The largest absolute Gasteiger partial charge is 0.479 e. The number of rotatable bonds is 31. The molecule has 0 spiro atoms. The van der Waals surface area contributed by atoms with Crippen molar-refractivity contribution in [1.29, 1.82) is 0 Å². The van der Waals surface area contributed by atoms with Gasteiger partial charge in [0, 0.05) is 0 Å². The maximum atomic E-state index is 11.1. The highest BCUT2D eigenvalue weighted by Gasteiger charge is 2.51. The molecule has 12 N–H and O–H groups in total. The Labute approximate surface area is 359 Å². The Hall–Kier alpha value is -1.21. The lowest BCUT2D eigenvalue weighted by molar-refractivity contribution is -0.380. The minimum absolute atomic E-state index is 0.290. The van der Waals surface area contributed by atoms with E-state index in [9.17, 15) is 61.0 Å². The number of hydrogen-bond acceptors (Lipinski definition) is 18. The Morgan fingerprint density at radius 1 is 0.557 bits per heavy atom. The minimum atomic E-state index is -1.84. The highest BCUT2D eigenvalue weighted by Crippen LogP contribution is 2.32. The van der Waals surface area contributed by atoms with Gasteiger partial charge in [-0.15, -0.1) is 0 Å². The molecule has 3 rings (SSSR count). The van der Waals surface area contributed by atoms with Crippen LogP contribution in [0.5, 0.6) is 0 Å². The van der Waals surface area contributed by atoms with Gasteiger partial charge in [-0.3, -0.25) is 0 Å². The van der Waals surface area contributed by atoms with Crippen LogP contribution in [0.3, 0.4) is 0 Å². The first-order chi connectivity index (χ1) is 29.2. The number of aliphatic hydroxyl groups is 11. The number of aliphatic carboxylic acids is 1. The van der Waals surface area contributed by atoms with Crippen molar-refractivity contribution < 1.29 is 94.5 Å². The molecular formula is C42H78O19. The Bertz CT molecular complexity index is 1150. The van der Waals surface area contributed by atoms with Crippen molar-refractivity contribution in [3.8, 4) is 0 Å². The van der Waals surface area contributed by atoms with E-state index in [0.717, 1.165) is 83.5 Å². The van der Waals surface area contributed by atoms with E-state index in [1.165, 1.54) is 0 Å². The summed E-state index contributed by atoms with van der Waals surface area (Å²) in [6.45, 7) is 0.605. The monoisotopic (exact) mass is 887 g/mol. The van der Waals surface area contributed by atoms with Crippen LogP contribution in [0.1, 0.15) is 135 Å². The molecule has 3 saturated heterocycles. The summed E-state index contributed by atoms with van der Waals surface area (Å²) >= 11 is 0. The van der Waals surface area contributed by atoms with Crippen LogP contribution in [0, 0.1) is 0 Å². The van der Waals surface area contributed by atoms with E-state index >= 15 is 0 Å². The average Bonchev–Trinajstić information content (AvgIpc) is 3.24. The summed E-state index contributed by atoms with van der Waals surface area (Å²) in [6, 6.07) is 0. The number of aliphatic hydroxyl groups excluding tert-OH is 11. The number of ether oxygens (including phenoxy) is 6. The molecule has 0 radical (unpaired) electrons. The molecule has 3 aliphatic heterocycles. The SMILES string of the molecule is CCCCC[C@H](CCC[C@H](O)[C@H](O)CCCCCCCCCCCCC[C@H](O)C(=O)O)OC1OCC(O)C(O)C1OC1OCC(O)C(O)C1OC1OC(CO)C(O)C(O)C1O. The van der Waals surface area contributed by atoms with Gasteiger partial charge in [0.15, 0.2) is 25.0 Å². The highest BCUT2D eigenvalue weighted by molar-refractivity contribution is 5.71. The molecule has 3 heterocycles. The van der Waals surface area contributed by atoms with Crippen LogP contribution in [0.2, 0.25) is 0 Å². The molecule has 0 saturated carbocycles. The summed E-state index contributed by atoms with van der Waals surface area (Å²) in [7, 11) is 0. The van der Waals surface area contributed by atoms with Crippen molar-refractivity contribution >= 4 is 5.97 Å². The second-order valence-corrected chi connectivity index (χ2v) is 17.1. The third kappa shape index (κ3) is 18.3. The van der Waals surface area contributed by atoms with Crippen molar-refractivity contribution in [3.05, 3.63) is 0 Å². The van der Waals surface area contributed by atoms with Crippen LogP contribution in [0.15, 0.2) is 0 Å². The summed E-state index contributed by atoms with van der Waals surface area (Å²) in [6.07, 6.45) is -7.38. The quantitative estimate of drug-likeness (QED) is 0.0411. The number of hydrogen-bond donors (Lipinski definition) is 12. The van der Waals surface area contributed by atoms with E-state index < -0.39 is 124 Å². The molecule has 19 heteroatoms. The molecule has 0 amide bonds. The lowest BCUT2D eigenvalue weighted by Gasteiger charge is -2.46. The predicted octanol–water partition coefficient (Wildman–Crippen LogP) is 0.0873. The van der Waals surface area contributed by atoms with Gasteiger partial charge in [-0.05, 0) is 38.5 Å². The van der Waals surface area contributed by atoms with E-state index in [4.69, 9.17) is 33.5 Å². The fraction of sp³-hybridized carbons (Fsp3) is 0.976. The second kappa shape index (κ2) is 29.4. The zero-order chi connectivity index (χ0) is 44.9. The molecule has 0 aliphatic carbocycles. The van der Waals surface area contributed by atoms with Crippen LogP contribution in [-0.2, 0) is 33.2 Å². The van der Waals surface area contributed by atoms with Gasteiger partial charge in [-0.25, -0.2) is 4.79 Å². The molecule has 0 aromatic rings. The number of carbonyl (C=O) groups is 1. The Morgan fingerprint density at radius 2 is 1.02 bits per heavy atom. The van der Waals surface area contributed by atoms with Crippen LogP contribution in [-0.4, -0.2) is 191 Å². The minimum Gasteiger partial charge on any atom is -0.479 e. The zero-order valence-electron chi connectivity index (χ0n) is 35.8. The smallest absolute Gasteiger partial charge is 0.332 e. The van der Waals surface area contributed by atoms with Gasteiger partial charge >= 0.3 is 5.97 Å². The average molecular weight is 887 g/mol. The van der Waals surface area contributed by atoms with E-state index in [-0.39, 0.29) is 6.61 Å². The fourth-order valence-corrected chi connectivity index (χ4v) is 7.98. The number of unbranched alkanes of at least 4 members (excludes halogenated alkanes) is 12. The van der Waals surface area contributed by atoms with Crippen molar-refractivity contribution in [3.63, 3.8) is 0 Å². The van der Waals surface area contributed by atoms with Crippen molar-refractivity contribution in [2.24, 2.45) is 0 Å². The summed E-state index contributed by atoms with van der Waals surface area (Å²) in [4.78, 5) is 10.7. The van der Waals surface area contributed by atoms with E-state index in [2.05, 4.69) is 6.92 Å². The molecule has 3 fully saturated rings. The van der Waals surface area contributed by atoms with Crippen LogP contribution >= 0.6 is 0 Å². The Morgan fingerprint density at radius 3 is 1.56 bits per heavy atom. The summed E-state index contributed by atoms with van der Waals surface area (Å²) in [5.41, 5.74) is 0. The van der Waals surface area contributed by atoms with Gasteiger partial charge < -0.3 is 89.7 Å². The molecule has 0 aromatic heterocycles. The molecule has 0 bridgehead atoms. The fourth-order valence-electron chi connectivity index (χ4n) is 7.98. The lowest BCUT2D eigenvalue weighted by Crippen LogP contribution is -2.64. The van der Waals surface area contributed by atoms with Crippen molar-refractivity contribution in [2.75, 3.05) is 19.8 Å². The Balaban J connectivity index is 1.46. The molecular weight excluding hydrogens is 808 g/mol. The van der Waals surface area contributed by atoms with Crippen molar-refractivity contribution in [1.82, 2.24) is 0 Å². The molecule has 0 aromatic carbocycles.